The maximum atomic E-state index is 13.1. The first-order chi connectivity index (χ1) is 17.2. The van der Waals surface area contributed by atoms with Gasteiger partial charge >= 0.3 is 6.36 Å². The molecule has 188 valence electrons. The molecular weight excluding hydrogens is 471 g/mol. The van der Waals surface area contributed by atoms with Crippen molar-refractivity contribution in [2.75, 3.05) is 26.3 Å². The van der Waals surface area contributed by atoms with E-state index in [-0.39, 0.29) is 11.7 Å². The summed E-state index contributed by atoms with van der Waals surface area (Å²) in [5, 5.41) is 0. The number of hydrogen-bond acceptors (Lipinski definition) is 5. The SMILES string of the molecule is Cc1cc(-c2ccc(CN3CCOCC3)nc2)cc2c1C(=O)N(Cc1ccc(OC(F)(F)F)cc1)C2. The highest BCUT2D eigenvalue weighted by molar-refractivity contribution is 6.00. The predicted octanol–water partition coefficient (Wildman–Crippen LogP) is 4.94. The molecule has 2 aromatic carbocycles. The highest BCUT2D eigenvalue weighted by atomic mass is 19.4. The Bertz CT molecular complexity index is 1240. The highest BCUT2D eigenvalue weighted by Gasteiger charge is 2.32. The largest absolute Gasteiger partial charge is 0.573 e. The molecule has 3 aromatic rings. The summed E-state index contributed by atoms with van der Waals surface area (Å²) in [6.45, 7) is 6.76. The number of benzene rings is 2. The molecule has 0 aliphatic carbocycles. The number of halogens is 3. The lowest BCUT2D eigenvalue weighted by atomic mass is 9.97. The molecule has 0 atom stereocenters. The normalized spacial score (nSPS) is 16.3. The molecule has 9 heteroatoms. The van der Waals surface area contributed by atoms with Crippen LogP contribution in [0.1, 0.15) is 32.7 Å². The molecule has 5 rings (SSSR count). The summed E-state index contributed by atoms with van der Waals surface area (Å²) >= 11 is 0. The molecule has 1 amide bonds. The zero-order valence-corrected chi connectivity index (χ0v) is 19.8. The minimum Gasteiger partial charge on any atom is -0.406 e. The van der Waals surface area contributed by atoms with E-state index < -0.39 is 6.36 Å². The van der Waals surface area contributed by atoms with Gasteiger partial charge in [-0.05, 0) is 53.4 Å². The number of morpholine rings is 1. The van der Waals surface area contributed by atoms with E-state index in [1.807, 2.05) is 31.3 Å². The Morgan fingerprint density at radius 1 is 1.00 bits per heavy atom. The predicted molar refractivity (Wildman–Crippen MR) is 127 cm³/mol. The Morgan fingerprint density at radius 2 is 1.75 bits per heavy atom. The van der Waals surface area contributed by atoms with Gasteiger partial charge < -0.3 is 14.4 Å². The summed E-state index contributed by atoms with van der Waals surface area (Å²) in [5.74, 6) is -0.365. The van der Waals surface area contributed by atoms with Crippen molar-refractivity contribution in [3.63, 3.8) is 0 Å². The third kappa shape index (κ3) is 5.52. The summed E-state index contributed by atoms with van der Waals surface area (Å²) in [7, 11) is 0. The van der Waals surface area contributed by atoms with Gasteiger partial charge in [-0.15, -0.1) is 13.2 Å². The number of amides is 1. The molecule has 0 N–H and O–H groups in total. The fraction of sp³-hybridized carbons (Fsp3) is 0.333. The van der Waals surface area contributed by atoms with Crippen LogP contribution in [0.25, 0.3) is 11.1 Å². The first-order valence-electron chi connectivity index (χ1n) is 11.8. The van der Waals surface area contributed by atoms with Crippen LogP contribution in [0.5, 0.6) is 5.75 Å². The van der Waals surface area contributed by atoms with Crippen LogP contribution in [0.3, 0.4) is 0 Å². The Labute approximate surface area is 207 Å². The molecule has 1 fully saturated rings. The lowest BCUT2D eigenvalue weighted by molar-refractivity contribution is -0.274. The van der Waals surface area contributed by atoms with Gasteiger partial charge in [-0.3, -0.25) is 14.7 Å². The molecule has 2 aliphatic heterocycles. The van der Waals surface area contributed by atoms with Crippen molar-refractivity contribution in [3.05, 3.63) is 82.7 Å². The van der Waals surface area contributed by atoms with Crippen LogP contribution in [-0.4, -0.2) is 53.4 Å². The molecule has 0 spiro atoms. The maximum absolute atomic E-state index is 13.1. The zero-order valence-electron chi connectivity index (χ0n) is 19.8. The van der Waals surface area contributed by atoms with Gasteiger partial charge in [-0.1, -0.05) is 24.3 Å². The van der Waals surface area contributed by atoms with E-state index in [0.717, 1.165) is 66.4 Å². The van der Waals surface area contributed by atoms with E-state index in [1.54, 1.807) is 17.0 Å². The fourth-order valence-corrected chi connectivity index (χ4v) is 4.71. The molecule has 1 aromatic heterocycles. The number of aromatic nitrogens is 1. The minimum atomic E-state index is -4.73. The van der Waals surface area contributed by atoms with Gasteiger partial charge in [0.15, 0.2) is 0 Å². The van der Waals surface area contributed by atoms with Crippen molar-refractivity contribution in [2.24, 2.45) is 0 Å². The Kier molecular flexibility index (Phi) is 6.68. The summed E-state index contributed by atoms with van der Waals surface area (Å²) in [6, 6.07) is 13.7. The number of rotatable bonds is 6. The monoisotopic (exact) mass is 497 g/mol. The van der Waals surface area contributed by atoms with Crippen molar-refractivity contribution in [1.29, 1.82) is 0 Å². The average Bonchev–Trinajstić information content (AvgIpc) is 3.16. The van der Waals surface area contributed by atoms with Crippen LogP contribution < -0.4 is 4.74 Å². The second kappa shape index (κ2) is 9.91. The van der Waals surface area contributed by atoms with Crippen LogP contribution in [0.2, 0.25) is 0 Å². The van der Waals surface area contributed by atoms with E-state index in [0.29, 0.717) is 18.7 Å². The van der Waals surface area contributed by atoms with Gasteiger partial charge in [0, 0.05) is 50.0 Å². The van der Waals surface area contributed by atoms with Crippen LogP contribution in [0.15, 0.2) is 54.7 Å². The number of nitrogens with zero attached hydrogens (tertiary/aromatic N) is 3. The van der Waals surface area contributed by atoms with E-state index >= 15 is 0 Å². The first-order valence-corrected chi connectivity index (χ1v) is 11.8. The third-order valence-corrected chi connectivity index (χ3v) is 6.46. The molecular formula is C27H26F3N3O3. The van der Waals surface area contributed by atoms with Crippen molar-refractivity contribution < 1.29 is 27.4 Å². The molecule has 0 saturated carbocycles. The number of alkyl halides is 3. The first kappa shape index (κ1) is 24.3. The number of aryl methyl sites for hydroxylation is 1. The fourth-order valence-electron chi connectivity index (χ4n) is 4.71. The summed E-state index contributed by atoms with van der Waals surface area (Å²) in [5.41, 5.74) is 6.23. The molecule has 0 unspecified atom stereocenters. The average molecular weight is 498 g/mol. The Hall–Kier alpha value is -3.43. The van der Waals surface area contributed by atoms with Crippen LogP contribution in [0.4, 0.5) is 13.2 Å². The number of ether oxygens (including phenoxy) is 2. The van der Waals surface area contributed by atoms with E-state index in [1.165, 1.54) is 12.1 Å². The number of hydrogen-bond donors (Lipinski definition) is 0. The molecule has 0 radical (unpaired) electrons. The quantitative estimate of drug-likeness (QED) is 0.483. The topological polar surface area (TPSA) is 54.9 Å². The smallest absolute Gasteiger partial charge is 0.406 e. The third-order valence-electron chi connectivity index (χ3n) is 6.46. The summed E-state index contributed by atoms with van der Waals surface area (Å²) < 4.78 is 46.5. The van der Waals surface area contributed by atoms with Gasteiger partial charge in [0.2, 0.25) is 0 Å². The highest BCUT2D eigenvalue weighted by Crippen LogP contribution is 2.32. The molecule has 36 heavy (non-hydrogen) atoms. The van der Waals surface area contributed by atoms with E-state index in [9.17, 15) is 18.0 Å². The lowest BCUT2D eigenvalue weighted by Gasteiger charge is -2.26. The minimum absolute atomic E-state index is 0.0800. The van der Waals surface area contributed by atoms with Crippen molar-refractivity contribution >= 4 is 5.91 Å². The van der Waals surface area contributed by atoms with Gasteiger partial charge in [0.05, 0.1) is 18.9 Å². The van der Waals surface area contributed by atoms with Gasteiger partial charge in [0.1, 0.15) is 5.75 Å². The molecule has 2 aliphatic rings. The van der Waals surface area contributed by atoms with Crippen LogP contribution in [-0.2, 0) is 24.4 Å². The summed E-state index contributed by atoms with van der Waals surface area (Å²) in [4.78, 5) is 21.8. The Morgan fingerprint density at radius 3 is 2.42 bits per heavy atom. The molecule has 0 bridgehead atoms. The second-order valence-corrected chi connectivity index (χ2v) is 9.11. The lowest BCUT2D eigenvalue weighted by Crippen LogP contribution is -2.35. The number of carbonyl (C=O) groups excluding carboxylic acids is 1. The van der Waals surface area contributed by atoms with Crippen molar-refractivity contribution in [3.8, 4) is 16.9 Å². The van der Waals surface area contributed by atoms with Crippen molar-refractivity contribution in [2.45, 2.75) is 32.9 Å². The van der Waals surface area contributed by atoms with Crippen molar-refractivity contribution in [1.82, 2.24) is 14.8 Å². The number of pyridine rings is 1. The van der Waals surface area contributed by atoms with E-state index in [2.05, 4.69) is 20.7 Å². The van der Waals surface area contributed by atoms with Crippen LogP contribution >= 0.6 is 0 Å². The van der Waals surface area contributed by atoms with Gasteiger partial charge in [-0.25, -0.2) is 0 Å². The number of fused-ring (bicyclic) bond motifs is 1. The number of carbonyl (C=O) groups is 1. The maximum Gasteiger partial charge on any atom is 0.573 e. The molecule has 3 heterocycles. The van der Waals surface area contributed by atoms with E-state index in [4.69, 9.17) is 4.74 Å². The second-order valence-electron chi connectivity index (χ2n) is 9.11. The Balaban J connectivity index is 1.28. The zero-order chi connectivity index (χ0) is 25.3. The summed E-state index contributed by atoms with van der Waals surface area (Å²) in [6.07, 6.45) is -2.86. The van der Waals surface area contributed by atoms with Gasteiger partial charge in [-0.2, -0.15) is 0 Å². The standard InChI is InChI=1S/C27H26F3N3O3/c1-18-12-21(20-4-5-23(31-14-20)17-32-8-10-35-11-9-32)13-22-16-33(26(34)25(18)22)15-19-2-6-24(7-3-19)36-27(28,29)30/h2-7,12-14H,8-11,15-17H2,1H3. The van der Waals surface area contributed by atoms with Gasteiger partial charge in [0.25, 0.3) is 5.91 Å². The molecule has 6 nitrogen and oxygen atoms in total. The molecule has 1 saturated heterocycles. The van der Waals surface area contributed by atoms with Crippen LogP contribution in [0, 0.1) is 6.92 Å².